The molecule has 0 amide bonds. The number of sulfonamides is 1. The van der Waals surface area contributed by atoms with Gasteiger partial charge in [-0.2, -0.15) is 4.31 Å². The van der Waals surface area contributed by atoms with Crippen molar-refractivity contribution < 1.29 is 18.3 Å². The Hall–Kier alpha value is -0.920. The van der Waals surface area contributed by atoms with E-state index in [9.17, 15) is 13.2 Å². The second-order valence-electron chi connectivity index (χ2n) is 5.89. The maximum absolute atomic E-state index is 12.4. The summed E-state index contributed by atoms with van der Waals surface area (Å²) in [6.07, 6.45) is 0. The smallest absolute Gasteiger partial charge is 0.307 e. The molecular weight excluding hydrogens is 298 g/mol. The van der Waals surface area contributed by atoms with Crippen molar-refractivity contribution in [3.8, 4) is 0 Å². The summed E-state index contributed by atoms with van der Waals surface area (Å²) >= 11 is 1.23. The first-order valence-corrected chi connectivity index (χ1v) is 8.51. The fourth-order valence-corrected chi connectivity index (χ4v) is 4.41. The normalized spacial score (nSPS) is 14.5. The Morgan fingerprint density at radius 1 is 1.40 bits per heavy atom. The van der Waals surface area contributed by atoms with Gasteiger partial charge in [-0.05, 0) is 17.5 Å². The molecule has 1 heterocycles. The Labute approximate surface area is 124 Å². The highest BCUT2D eigenvalue weighted by Gasteiger charge is 2.27. The van der Waals surface area contributed by atoms with Gasteiger partial charge >= 0.3 is 5.97 Å². The van der Waals surface area contributed by atoms with Crippen LogP contribution in [-0.2, 0) is 20.2 Å². The molecule has 7 heteroatoms. The van der Waals surface area contributed by atoms with Gasteiger partial charge in [0.25, 0.3) is 10.0 Å². The van der Waals surface area contributed by atoms with E-state index in [1.807, 2.05) is 26.8 Å². The number of nitrogens with zero attached hydrogens (tertiary/aromatic N) is 1. The second-order valence-corrected chi connectivity index (χ2v) is 9.25. The lowest BCUT2D eigenvalue weighted by Gasteiger charge is -2.18. The molecule has 0 aliphatic heterocycles. The lowest BCUT2D eigenvalue weighted by Crippen LogP contribution is -2.33. The number of thiophene rings is 1. The van der Waals surface area contributed by atoms with Gasteiger partial charge < -0.3 is 5.11 Å². The number of hydrogen-bond donors (Lipinski definition) is 1. The van der Waals surface area contributed by atoms with Crippen molar-refractivity contribution in [3.63, 3.8) is 0 Å². The minimum Gasteiger partial charge on any atom is -0.481 e. The first-order chi connectivity index (χ1) is 8.96. The summed E-state index contributed by atoms with van der Waals surface area (Å²) in [5.41, 5.74) is -0.106. The Morgan fingerprint density at radius 3 is 2.35 bits per heavy atom. The Morgan fingerprint density at radius 2 is 1.95 bits per heavy atom. The molecule has 0 aliphatic rings. The van der Waals surface area contributed by atoms with E-state index in [1.165, 1.54) is 25.3 Å². The minimum absolute atomic E-state index is 0.0413. The summed E-state index contributed by atoms with van der Waals surface area (Å²) in [6.45, 7) is 7.51. The van der Waals surface area contributed by atoms with Gasteiger partial charge in [0.15, 0.2) is 0 Å². The lowest BCUT2D eigenvalue weighted by molar-refractivity contribution is -0.141. The van der Waals surface area contributed by atoms with Crippen LogP contribution in [0.25, 0.3) is 0 Å². The van der Waals surface area contributed by atoms with Crippen LogP contribution in [0.2, 0.25) is 0 Å². The number of carbonyl (C=O) groups is 1. The predicted molar refractivity (Wildman–Crippen MR) is 79.6 cm³/mol. The fourth-order valence-electron chi connectivity index (χ4n) is 1.58. The van der Waals surface area contributed by atoms with Crippen molar-refractivity contribution in [1.29, 1.82) is 0 Å². The van der Waals surface area contributed by atoms with Crippen LogP contribution in [0.15, 0.2) is 16.3 Å². The second kappa shape index (κ2) is 5.83. The number of carboxylic acids is 1. The lowest BCUT2D eigenvalue weighted by atomic mass is 9.95. The van der Waals surface area contributed by atoms with Crippen molar-refractivity contribution in [2.45, 2.75) is 37.3 Å². The molecule has 0 radical (unpaired) electrons. The molecule has 5 nitrogen and oxygen atoms in total. The van der Waals surface area contributed by atoms with Gasteiger partial charge in [0.1, 0.15) is 4.21 Å². The third-order valence-electron chi connectivity index (χ3n) is 2.94. The van der Waals surface area contributed by atoms with Gasteiger partial charge in [-0.15, -0.1) is 11.3 Å². The van der Waals surface area contributed by atoms with Crippen LogP contribution in [-0.4, -0.2) is 37.4 Å². The molecule has 1 aromatic rings. The first-order valence-electron chi connectivity index (χ1n) is 6.25. The van der Waals surface area contributed by atoms with E-state index in [0.717, 1.165) is 9.18 Å². The highest BCUT2D eigenvalue weighted by Crippen LogP contribution is 2.32. The Bertz CT molecular complexity index is 584. The van der Waals surface area contributed by atoms with Gasteiger partial charge in [0, 0.05) is 18.5 Å². The fraction of sp³-hybridized carbons (Fsp3) is 0.615. The minimum atomic E-state index is -3.62. The zero-order chi connectivity index (χ0) is 15.7. The Kier molecular flexibility index (Phi) is 4.99. The van der Waals surface area contributed by atoms with E-state index >= 15 is 0 Å². The standard InChI is InChI=1S/C13H21NO4S2/c1-9(12(15)16)8-14(5)20(17,18)11-7-6-10(19-11)13(2,3)4/h6-7,9H,8H2,1-5H3,(H,15,16). The van der Waals surface area contributed by atoms with Gasteiger partial charge in [-0.3, -0.25) is 4.79 Å². The van der Waals surface area contributed by atoms with Crippen molar-refractivity contribution >= 4 is 27.3 Å². The zero-order valence-electron chi connectivity index (χ0n) is 12.4. The van der Waals surface area contributed by atoms with Crippen LogP contribution in [0.5, 0.6) is 0 Å². The first kappa shape index (κ1) is 17.1. The summed E-state index contributed by atoms with van der Waals surface area (Å²) < 4.78 is 26.1. The molecule has 0 saturated heterocycles. The van der Waals surface area contributed by atoms with Crippen molar-refractivity contribution in [2.24, 2.45) is 5.92 Å². The molecule has 0 fully saturated rings. The summed E-state index contributed by atoms with van der Waals surface area (Å²) in [4.78, 5) is 11.8. The monoisotopic (exact) mass is 319 g/mol. The number of hydrogen-bond acceptors (Lipinski definition) is 4. The van der Waals surface area contributed by atoms with Crippen molar-refractivity contribution in [3.05, 3.63) is 17.0 Å². The zero-order valence-corrected chi connectivity index (χ0v) is 14.0. The SMILES string of the molecule is CC(CN(C)S(=O)(=O)c1ccc(C(C)(C)C)s1)C(=O)O. The van der Waals surface area contributed by atoms with Gasteiger partial charge in [-0.1, -0.05) is 27.7 Å². The molecule has 114 valence electrons. The average molecular weight is 319 g/mol. The highest BCUT2D eigenvalue weighted by molar-refractivity contribution is 7.91. The van der Waals surface area contributed by atoms with Crippen LogP contribution in [0.1, 0.15) is 32.6 Å². The molecule has 0 bridgehead atoms. The van der Waals surface area contributed by atoms with Crippen LogP contribution in [0.3, 0.4) is 0 Å². The highest BCUT2D eigenvalue weighted by atomic mass is 32.2. The summed E-state index contributed by atoms with van der Waals surface area (Å²) in [6, 6.07) is 3.40. The summed E-state index contributed by atoms with van der Waals surface area (Å²) in [5.74, 6) is -1.74. The maximum Gasteiger partial charge on any atom is 0.307 e. The Balaban J connectivity index is 2.99. The molecule has 0 saturated carbocycles. The molecule has 1 unspecified atom stereocenters. The van der Waals surface area contributed by atoms with E-state index in [0.29, 0.717) is 0 Å². The molecule has 1 atom stereocenters. The predicted octanol–water partition coefficient (Wildman–Crippen LogP) is 2.39. The summed E-state index contributed by atoms with van der Waals surface area (Å²) in [5, 5.41) is 8.86. The molecular formula is C13H21NO4S2. The molecule has 0 aliphatic carbocycles. The topological polar surface area (TPSA) is 74.7 Å². The molecule has 20 heavy (non-hydrogen) atoms. The van der Waals surface area contributed by atoms with Gasteiger partial charge in [-0.25, -0.2) is 8.42 Å². The number of carboxylic acid groups (broad SMARTS) is 1. The van der Waals surface area contributed by atoms with Crippen molar-refractivity contribution in [2.75, 3.05) is 13.6 Å². The van der Waals surface area contributed by atoms with Gasteiger partial charge in [0.2, 0.25) is 0 Å². The van der Waals surface area contributed by atoms with Gasteiger partial charge in [0.05, 0.1) is 5.92 Å². The molecule has 0 aromatic carbocycles. The maximum atomic E-state index is 12.4. The third-order valence-corrected chi connectivity index (χ3v) is 6.74. The molecule has 1 N–H and O–H groups in total. The van der Waals surface area contributed by atoms with E-state index in [1.54, 1.807) is 6.07 Å². The van der Waals surface area contributed by atoms with Crippen LogP contribution in [0, 0.1) is 5.92 Å². The van der Waals surface area contributed by atoms with Crippen LogP contribution < -0.4 is 0 Å². The molecule has 0 spiro atoms. The van der Waals surface area contributed by atoms with E-state index in [2.05, 4.69) is 0 Å². The van der Waals surface area contributed by atoms with E-state index < -0.39 is 21.9 Å². The van der Waals surface area contributed by atoms with Crippen LogP contribution in [0.4, 0.5) is 0 Å². The van der Waals surface area contributed by atoms with Crippen LogP contribution >= 0.6 is 11.3 Å². The van der Waals surface area contributed by atoms with Crippen molar-refractivity contribution in [1.82, 2.24) is 4.31 Å². The average Bonchev–Trinajstić information content (AvgIpc) is 2.77. The molecule has 1 rings (SSSR count). The van der Waals surface area contributed by atoms with E-state index in [-0.39, 0.29) is 16.2 Å². The molecule has 1 aromatic heterocycles. The quantitative estimate of drug-likeness (QED) is 0.904. The largest absolute Gasteiger partial charge is 0.481 e. The van der Waals surface area contributed by atoms with E-state index in [4.69, 9.17) is 5.11 Å². The number of aliphatic carboxylic acids is 1. The number of rotatable bonds is 5. The summed E-state index contributed by atoms with van der Waals surface area (Å²) in [7, 11) is -2.21. The third kappa shape index (κ3) is 3.80.